The van der Waals surface area contributed by atoms with Gasteiger partial charge in [0.2, 0.25) is 0 Å². The number of halogens is 3. The Bertz CT molecular complexity index is 800. The van der Waals surface area contributed by atoms with E-state index >= 15 is 0 Å². The van der Waals surface area contributed by atoms with Gasteiger partial charge in [-0.15, -0.1) is 11.3 Å². The van der Waals surface area contributed by atoms with E-state index in [0.29, 0.717) is 0 Å². The first kappa shape index (κ1) is 15.0. The van der Waals surface area contributed by atoms with E-state index in [0.717, 1.165) is 30.7 Å². The summed E-state index contributed by atoms with van der Waals surface area (Å²) in [6, 6.07) is 12.9. The number of rotatable bonds is 3. The van der Waals surface area contributed by atoms with Crippen LogP contribution >= 0.6 is 43.2 Å². The lowest BCUT2D eigenvalue weighted by Gasteiger charge is -2.11. The zero-order valence-electron chi connectivity index (χ0n) is 11.1. The van der Waals surface area contributed by atoms with Crippen LogP contribution in [-0.2, 0) is 0 Å². The van der Waals surface area contributed by atoms with Crippen LogP contribution in [0.3, 0.4) is 0 Å². The molecule has 0 spiro atoms. The van der Waals surface area contributed by atoms with Gasteiger partial charge in [0.05, 0.1) is 11.9 Å². The number of benzene rings is 2. The molecule has 0 saturated heterocycles. The molecule has 1 atom stereocenters. The molecule has 1 aromatic heterocycles. The van der Waals surface area contributed by atoms with E-state index in [1.807, 2.05) is 24.3 Å². The Morgan fingerprint density at radius 3 is 2.67 bits per heavy atom. The Hall–Kier alpha value is -0.910. The fraction of sp³-hybridized carbons (Fsp3) is 0.125. The highest BCUT2D eigenvalue weighted by Gasteiger charge is 2.17. The topological polar surface area (TPSA) is 9.23 Å². The zero-order valence-corrected chi connectivity index (χ0v) is 15.1. The average molecular weight is 430 g/mol. The smallest absolute Gasteiger partial charge is 0.124 e. The van der Waals surface area contributed by atoms with Crippen LogP contribution in [0.2, 0.25) is 0 Å². The fourth-order valence-corrected chi connectivity index (χ4v) is 4.94. The summed E-state index contributed by atoms with van der Waals surface area (Å²) < 4.78 is 20.4. The SMILES string of the molecule is COc1ccc(C(Br)c2cc3ccc(F)cc3s2)c(Br)c1. The standard InChI is InChI=1S/C16H11Br2FOS/c1-20-11-4-5-12(13(17)8-11)16(18)15-6-9-2-3-10(19)7-14(9)21-15/h2-8,16H,1H3. The van der Waals surface area contributed by atoms with E-state index < -0.39 is 0 Å². The number of ether oxygens (including phenoxy) is 1. The van der Waals surface area contributed by atoms with Crippen LogP contribution < -0.4 is 4.74 Å². The summed E-state index contributed by atoms with van der Waals surface area (Å²) in [5, 5.41) is 1.06. The Balaban J connectivity index is 2.01. The van der Waals surface area contributed by atoms with Crippen molar-refractivity contribution in [3.8, 4) is 5.75 Å². The second kappa shape index (κ2) is 6.07. The lowest BCUT2D eigenvalue weighted by Crippen LogP contribution is -1.92. The largest absolute Gasteiger partial charge is 0.497 e. The summed E-state index contributed by atoms with van der Waals surface area (Å²) in [5.74, 6) is 0.608. The summed E-state index contributed by atoms with van der Waals surface area (Å²) in [6.45, 7) is 0. The van der Waals surface area contributed by atoms with Crippen molar-refractivity contribution in [2.24, 2.45) is 0 Å². The molecule has 1 nitrogen and oxygen atoms in total. The van der Waals surface area contributed by atoms with Gasteiger partial charge in [-0.05, 0) is 41.3 Å². The fourth-order valence-electron chi connectivity index (χ4n) is 2.14. The van der Waals surface area contributed by atoms with Gasteiger partial charge < -0.3 is 4.74 Å². The van der Waals surface area contributed by atoms with E-state index in [4.69, 9.17) is 4.74 Å². The second-order valence-electron chi connectivity index (χ2n) is 4.58. The predicted octanol–water partition coefficient (Wildman–Crippen LogP) is 6.30. The predicted molar refractivity (Wildman–Crippen MR) is 93.2 cm³/mol. The Kier molecular flexibility index (Phi) is 4.33. The maximum Gasteiger partial charge on any atom is 0.124 e. The van der Waals surface area contributed by atoms with Crippen molar-refractivity contribution in [1.82, 2.24) is 0 Å². The Labute approximate surface area is 143 Å². The third-order valence-electron chi connectivity index (χ3n) is 3.23. The summed E-state index contributed by atoms with van der Waals surface area (Å²) in [7, 11) is 1.65. The van der Waals surface area contributed by atoms with Crippen molar-refractivity contribution >= 4 is 53.3 Å². The van der Waals surface area contributed by atoms with Gasteiger partial charge in [-0.3, -0.25) is 0 Å². The van der Waals surface area contributed by atoms with Gasteiger partial charge in [-0.25, -0.2) is 4.39 Å². The molecular weight excluding hydrogens is 419 g/mol. The molecule has 3 rings (SSSR count). The lowest BCUT2D eigenvalue weighted by molar-refractivity contribution is 0.414. The average Bonchev–Trinajstić information content (AvgIpc) is 2.89. The molecule has 0 amide bonds. The molecule has 1 unspecified atom stereocenters. The molecule has 0 bridgehead atoms. The van der Waals surface area contributed by atoms with Gasteiger partial charge >= 0.3 is 0 Å². The van der Waals surface area contributed by atoms with Crippen LogP contribution in [0, 0.1) is 5.82 Å². The van der Waals surface area contributed by atoms with Crippen molar-refractivity contribution in [3.63, 3.8) is 0 Å². The summed E-state index contributed by atoms with van der Waals surface area (Å²) in [5.41, 5.74) is 1.11. The quantitative estimate of drug-likeness (QED) is 0.444. The Morgan fingerprint density at radius 1 is 1.14 bits per heavy atom. The number of fused-ring (bicyclic) bond motifs is 1. The Morgan fingerprint density at radius 2 is 1.95 bits per heavy atom. The van der Waals surface area contributed by atoms with Gasteiger partial charge in [0, 0.05) is 14.0 Å². The highest BCUT2D eigenvalue weighted by atomic mass is 79.9. The molecular formula is C16H11Br2FOS. The van der Waals surface area contributed by atoms with Gasteiger partial charge in [-0.2, -0.15) is 0 Å². The minimum absolute atomic E-state index is 0.0539. The first-order valence-corrected chi connectivity index (χ1v) is 8.77. The molecule has 1 heterocycles. The van der Waals surface area contributed by atoms with Gasteiger partial charge in [0.1, 0.15) is 11.6 Å². The van der Waals surface area contributed by atoms with Crippen LogP contribution in [-0.4, -0.2) is 7.11 Å². The minimum Gasteiger partial charge on any atom is -0.497 e. The van der Waals surface area contributed by atoms with E-state index in [-0.39, 0.29) is 10.6 Å². The van der Waals surface area contributed by atoms with Gasteiger partial charge in [-0.1, -0.05) is 44.0 Å². The lowest BCUT2D eigenvalue weighted by atomic mass is 10.1. The number of alkyl halides is 1. The molecule has 0 aliphatic rings. The monoisotopic (exact) mass is 428 g/mol. The van der Waals surface area contributed by atoms with Crippen LogP contribution in [0.5, 0.6) is 5.75 Å². The van der Waals surface area contributed by atoms with E-state index in [1.54, 1.807) is 24.5 Å². The summed E-state index contributed by atoms with van der Waals surface area (Å²) in [6.07, 6.45) is 0. The number of methoxy groups -OCH3 is 1. The molecule has 21 heavy (non-hydrogen) atoms. The first-order chi connectivity index (χ1) is 10.1. The van der Waals surface area contributed by atoms with E-state index in [1.165, 1.54) is 6.07 Å². The number of hydrogen-bond acceptors (Lipinski definition) is 2. The summed E-state index contributed by atoms with van der Waals surface area (Å²) >= 11 is 8.90. The maximum atomic E-state index is 13.3. The van der Waals surface area contributed by atoms with Crippen molar-refractivity contribution in [3.05, 3.63) is 63.2 Å². The zero-order chi connectivity index (χ0) is 15.0. The summed E-state index contributed by atoms with van der Waals surface area (Å²) in [4.78, 5) is 1.19. The normalized spacial score (nSPS) is 12.6. The maximum absolute atomic E-state index is 13.3. The van der Waals surface area contributed by atoms with Crippen LogP contribution in [0.25, 0.3) is 10.1 Å². The molecule has 5 heteroatoms. The molecule has 0 fully saturated rings. The van der Waals surface area contributed by atoms with E-state index in [9.17, 15) is 4.39 Å². The highest BCUT2D eigenvalue weighted by molar-refractivity contribution is 9.11. The van der Waals surface area contributed by atoms with Crippen LogP contribution in [0.1, 0.15) is 15.3 Å². The molecule has 0 saturated carbocycles. The van der Waals surface area contributed by atoms with Crippen molar-refractivity contribution in [2.75, 3.05) is 7.11 Å². The molecule has 2 aromatic carbocycles. The minimum atomic E-state index is -0.201. The highest BCUT2D eigenvalue weighted by Crippen LogP contribution is 2.41. The molecule has 0 aliphatic carbocycles. The van der Waals surface area contributed by atoms with Crippen molar-refractivity contribution < 1.29 is 9.13 Å². The third kappa shape index (κ3) is 3.00. The van der Waals surface area contributed by atoms with Gasteiger partial charge in [0.15, 0.2) is 0 Å². The molecule has 0 radical (unpaired) electrons. The van der Waals surface area contributed by atoms with E-state index in [2.05, 4.69) is 37.9 Å². The van der Waals surface area contributed by atoms with Crippen LogP contribution in [0.15, 0.2) is 46.9 Å². The van der Waals surface area contributed by atoms with Crippen LogP contribution in [0.4, 0.5) is 4.39 Å². The molecule has 108 valence electrons. The second-order valence-corrected chi connectivity index (χ2v) is 7.47. The number of hydrogen-bond donors (Lipinski definition) is 0. The number of thiophene rings is 1. The third-order valence-corrected chi connectivity index (χ3v) is 6.37. The first-order valence-electron chi connectivity index (χ1n) is 6.25. The van der Waals surface area contributed by atoms with Gasteiger partial charge in [0.25, 0.3) is 0 Å². The molecule has 0 aliphatic heterocycles. The molecule has 0 N–H and O–H groups in total. The molecule has 3 aromatic rings. The van der Waals surface area contributed by atoms with Crippen molar-refractivity contribution in [2.45, 2.75) is 4.83 Å². The van der Waals surface area contributed by atoms with Crippen molar-refractivity contribution in [1.29, 1.82) is 0 Å².